The van der Waals surface area contributed by atoms with Crippen molar-refractivity contribution in [2.75, 3.05) is 0 Å². The summed E-state index contributed by atoms with van der Waals surface area (Å²) in [5.74, 6) is -6.66. The second-order valence-electron chi connectivity index (χ2n) is 4.19. The van der Waals surface area contributed by atoms with E-state index >= 15 is 0 Å². The molecule has 1 N–H and O–H groups in total. The standard InChI is InChI=1S/C8H10F7NO2S/c9-6(10,7(11,12)13)8(14,15)19(17,18)16-5-3-1-2-4-5/h5,16H,1-4H2. The molecule has 1 saturated carbocycles. The predicted molar refractivity (Wildman–Crippen MR) is 50.3 cm³/mol. The lowest BCUT2D eigenvalue weighted by Crippen LogP contribution is -2.59. The highest BCUT2D eigenvalue weighted by atomic mass is 32.2. The summed E-state index contributed by atoms with van der Waals surface area (Å²) < 4.78 is 110. The Morgan fingerprint density at radius 2 is 1.32 bits per heavy atom. The SMILES string of the molecule is O=S(=O)(NC1CCCC1)C(F)(F)C(F)(F)C(F)(F)F. The van der Waals surface area contributed by atoms with Gasteiger partial charge in [0.1, 0.15) is 0 Å². The first-order chi connectivity index (χ1) is 8.33. The lowest BCUT2D eigenvalue weighted by atomic mass is 10.3. The van der Waals surface area contributed by atoms with E-state index in [9.17, 15) is 39.2 Å². The molecule has 0 aromatic heterocycles. The maximum Gasteiger partial charge on any atom is 0.461 e. The Balaban J connectivity index is 3.03. The van der Waals surface area contributed by atoms with Crippen molar-refractivity contribution in [1.29, 1.82) is 0 Å². The van der Waals surface area contributed by atoms with Crippen molar-refractivity contribution in [3.8, 4) is 0 Å². The molecule has 19 heavy (non-hydrogen) atoms. The largest absolute Gasteiger partial charge is 0.461 e. The minimum absolute atomic E-state index is 0.118. The summed E-state index contributed by atoms with van der Waals surface area (Å²) >= 11 is 0. The molecule has 0 heterocycles. The van der Waals surface area contributed by atoms with Gasteiger partial charge in [-0.15, -0.1) is 0 Å². The van der Waals surface area contributed by atoms with Gasteiger partial charge in [-0.05, 0) is 12.8 Å². The maximum absolute atomic E-state index is 13.0. The van der Waals surface area contributed by atoms with Crippen LogP contribution in [-0.4, -0.2) is 31.8 Å². The van der Waals surface area contributed by atoms with Gasteiger partial charge < -0.3 is 0 Å². The van der Waals surface area contributed by atoms with Gasteiger partial charge in [0, 0.05) is 6.04 Å². The molecule has 0 saturated heterocycles. The van der Waals surface area contributed by atoms with Crippen LogP contribution in [0.3, 0.4) is 0 Å². The Bertz CT molecular complexity index is 425. The smallest absolute Gasteiger partial charge is 0.207 e. The highest BCUT2D eigenvalue weighted by Gasteiger charge is 2.78. The monoisotopic (exact) mass is 317 g/mol. The molecule has 0 bridgehead atoms. The molecule has 3 nitrogen and oxygen atoms in total. The number of hydrogen-bond acceptors (Lipinski definition) is 2. The molecule has 0 atom stereocenters. The van der Waals surface area contributed by atoms with Gasteiger partial charge in [-0.2, -0.15) is 30.7 Å². The Labute approximate surface area is 104 Å². The summed E-state index contributed by atoms with van der Waals surface area (Å²) in [6.45, 7) is 0. The number of alkyl halides is 7. The van der Waals surface area contributed by atoms with Gasteiger partial charge in [-0.1, -0.05) is 12.8 Å². The fraction of sp³-hybridized carbons (Fsp3) is 1.00. The molecule has 1 fully saturated rings. The fourth-order valence-electron chi connectivity index (χ4n) is 1.67. The minimum Gasteiger partial charge on any atom is -0.207 e. The second kappa shape index (κ2) is 4.76. The average molecular weight is 317 g/mol. The zero-order chi connectivity index (χ0) is 15.1. The van der Waals surface area contributed by atoms with Crippen molar-refractivity contribution >= 4 is 10.0 Å². The third kappa shape index (κ3) is 2.81. The zero-order valence-electron chi connectivity index (χ0n) is 9.28. The Hall–Kier alpha value is -0.580. The van der Waals surface area contributed by atoms with Crippen LogP contribution in [0.2, 0.25) is 0 Å². The molecule has 0 spiro atoms. The first kappa shape index (κ1) is 16.5. The Morgan fingerprint density at radius 3 is 1.68 bits per heavy atom. The van der Waals surface area contributed by atoms with E-state index < -0.39 is 33.4 Å². The molecule has 0 unspecified atom stereocenters. The van der Waals surface area contributed by atoms with E-state index in [4.69, 9.17) is 0 Å². The van der Waals surface area contributed by atoms with Crippen LogP contribution in [0.25, 0.3) is 0 Å². The second-order valence-corrected chi connectivity index (χ2v) is 5.95. The number of halogens is 7. The third-order valence-corrected chi connectivity index (χ3v) is 4.31. The lowest BCUT2D eigenvalue weighted by Gasteiger charge is -2.28. The van der Waals surface area contributed by atoms with E-state index in [1.807, 2.05) is 0 Å². The summed E-state index contributed by atoms with van der Waals surface area (Å²) in [6.07, 6.45) is -5.47. The molecule has 0 amide bonds. The van der Waals surface area contributed by atoms with Crippen LogP contribution in [0.4, 0.5) is 30.7 Å². The molecule has 0 radical (unpaired) electrons. The van der Waals surface area contributed by atoms with Crippen molar-refractivity contribution in [2.24, 2.45) is 0 Å². The van der Waals surface area contributed by atoms with Gasteiger partial charge in [0.2, 0.25) is 0 Å². The van der Waals surface area contributed by atoms with E-state index in [2.05, 4.69) is 0 Å². The summed E-state index contributed by atoms with van der Waals surface area (Å²) in [7, 11) is -6.14. The first-order valence-corrected chi connectivity index (χ1v) is 6.65. The average Bonchev–Trinajstić information content (AvgIpc) is 2.67. The number of nitrogens with one attached hydrogen (secondary N) is 1. The van der Waals surface area contributed by atoms with Crippen LogP contribution in [0.15, 0.2) is 0 Å². The summed E-state index contributed by atoms with van der Waals surface area (Å²) in [4.78, 5) is 0. The van der Waals surface area contributed by atoms with Crippen LogP contribution in [0.1, 0.15) is 25.7 Å². The summed E-state index contributed by atoms with van der Waals surface area (Å²) in [5.41, 5.74) is 0. The van der Waals surface area contributed by atoms with Crippen molar-refractivity contribution in [3.05, 3.63) is 0 Å². The van der Waals surface area contributed by atoms with Crippen molar-refractivity contribution in [3.63, 3.8) is 0 Å². The highest BCUT2D eigenvalue weighted by Crippen LogP contribution is 2.48. The van der Waals surface area contributed by atoms with Crippen molar-refractivity contribution < 1.29 is 39.2 Å². The van der Waals surface area contributed by atoms with Gasteiger partial charge in [-0.3, -0.25) is 0 Å². The summed E-state index contributed by atoms with van der Waals surface area (Å²) in [5, 5.41) is -6.26. The number of hydrogen-bond donors (Lipinski definition) is 1. The summed E-state index contributed by atoms with van der Waals surface area (Å²) in [6, 6.07) is -1.04. The van der Waals surface area contributed by atoms with Crippen LogP contribution < -0.4 is 4.72 Å². The molecular weight excluding hydrogens is 307 g/mol. The minimum atomic E-state index is -6.67. The topological polar surface area (TPSA) is 46.2 Å². The molecule has 1 aliphatic rings. The third-order valence-electron chi connectivity index (χ3n) is 2.74. The van der Waals surface area contributed by atoms with E-state index in [0.717, 1.165) is 0 Å². The van der Waals surface area contributed by atoms with E-state index in [-0.39, 0.29) is 12.8 Å². The molecule has 1 aliphatic carbocycles. The van der Waals surface area contributed by atoms with E-state index in [1.54, 1.807) is 0 Å². The van der Waals surface area contributed by atoms with Gasteiger partial charge in [0.25, 0.3) is 10.0 Å². The van der Waals surface area contributed by atoms with E-state index in [0.29, 0.717) is 12.8 Å². The predicted octanol–water partition coefficient (Wildman–Crippen LogP) is 2.64. The Kier molecular flexibility index (Phi) is 4.13. The van der Waals surface area contributed by atoms with Gasteiger partial charge in [0.05, 0.1) is 0 Å². The fourth-order valence-corrected chi connectivity index (χ4v) is 2.95. The van der Waals surface area contributed by atoms with Gasteiger partial charge in [-0.25, -0.2) is 13.1 Å². The zero-order valence-corrected chi connectivity index (χ0v) is 10.1. The van der Waals surface area contributed by atoms with Gasteiger partial charge >= 0.3 is 17.4 Å². The first-order valence-electron chi connectivity index (χ1n) is 5.17. The molecule has 0 aromatic rings. The van der Waals surface area contributed by atoms with E-state index in [1.165, 1.54) is 4.72 Å². The highest BCUT2D eigenvalue weighted by molar-refractivity contribution is 7.90. The van der Waals surface area contributed by atoms with Gasteiger partial charge in [0.15, 0.2) is 0 Å². The van der Waals surface area contributed by atoms with Crippen molar-refractivity contribution in [1.82, 2.24) is 4.72 Å². The molecular formula is C8H10F7NO2S. The quantitative estimate of drug-likeness (QED) is 0.810. The normalized spacial score (nSPS) is 19.9. The lowest BCUT2D eigenvalue weighted by molar-refractivity contribution is -0.332. The number of rotatable bonds is 4. The molecule has 0 aliphatic heterocycles. The van der Waals surface area contributed by atoms with Crippen LogP contribution >= 0.6 is 0 Å². The molecule has 11 heteroatoms. The molecule has 1 rings (SSSR count). The number of sulfonamides is 1. The van der Waals surface area contributed by atoms with Crippen molar-refractivity contribution in [2.45, 2.75) is 49.1 Å². The van der Waals surface area contributed by atoms with Crippen LogP contribution in [0, 0.1) is 0 Å². The Morgan fingerprint density at radius 1 is 0.895 bits per heavy atom. The molecule has 114 valence electrons. The molecule has 0 aromatic carbocycles. The van der Waals surface area contributed by atoms with Crippen LogP contribution in [0.5, 0.6) is 0 Å². The maximum atomic E-state index is 13.0. The van der Waals surface area contributed by atoms with Crippen LogP contribution in [-0.2, 0) is 10.0 Å².